The molecule has 0 aliphatic heterocycles. The Labute approximate surface area is 54.7 Å². The summed E-state index contributed by atoms with van der Waals surface area (Å²) in [6, 6.07) is 0.0208. The normalized spacial score (nSPS) is 13.6. The summed E-state index contributed by atoms with van der Waals surface area (Å²) in [4.78, 5) is 0.823. The summed E-state index contributed by atoms with van der Waals surface area (Å²) >= 11 is 8.71. The van der Waals surface area contributed by atoms with E-state index in [1.54, 1.807) is 0 Å². The van der Waals surface area contributed by atoms with Gasteiger partial charge in [0.25, 0.3) is 0 Å². The van der Waals surface area contributed by atoms with Gasteiger partial charge in [-0.25, -0.2) is 0 Å². The number of rotatable bonds is 2. The fraction of sp³-hybridized carbons (Fsp3) is 0.750. The lowest BCUT2D eigenvalue weighted by atomic mass is 10.3. The molecule has 2 N–H and O–H groups in total. The Morgan fingerprint density at radius 1 is 2.00 bits per heavy atom. The Balaban J connectivity index is 3.35. The molecule has 0 aliphatic carbocycles. The maximum absolute atomic E-state index is 5.36. The van der Waals surface area contributed by atoms with E-state index < -0.39 is 0 Å². The van der Waals surface area contributed by atoms with E-state index in [4.69, 9.17) is 18.0 Å². The van der Waals surface area contributed by atoms with Gasteiger partial charge in [-0.2, -0.15) is 12.6 Å². The standard InChI is InChI=1S/C4H9NS2/c1-3(5)4(7)2-6/h3,6H,2,5H2,1H3. The van der Waals surface area contributed by atoms with Crippen LogP contribution in [0.3, 0.4) is 0 Å². The third-order valence-corrected chi connectivity index (χ3v) is 1.73. The lowest BCUT2D eigenvalue weighted by Crippen LogP contribution is -2.25. The second-order valence-corrected chi connectivity index (χ2v) is 2.25. The molecule has 3 heteroatoms. The van der Waals surface area contributed by atoms with Crippen molar-refractivity contribution in [2.75, 3.05) is 5.75 Å². The van der Waals surface area contributed by atoms with Crippen molar-refractivity contribution in [3.63, 3.8) is 0 Å². The van der Waals surface area contributed by atoms with Crippen molar-refractivity contribution in [1.82, 2.24) is 0 Å². The molecule has 1 atom stereocenters. The van der Waals surface area contributed by atoms with E-state index >= 15 is 0 Å². The van der Waals surface area contributed by atoms with Crippen molar-refractivity contribution in [2.45, 2.75) is 13.0 Å². The van der Waals surface area contributed by atoms with Crippen LogP contribution in [0.4, 0.5) is 0 Å². The molecule has 0 bridgehead atoms. The summed E-state index contributed by atoms with van der Waals surface area (Å²) in [5.41, 5.74) is 5.36. The van der Waals surface area contributed by atoms with Gasteiger partial charge in [0, 0.05) is 16.7 Å². The van der Waals surface area contributed by atoms with Gasteiger partial charge in [-0.05, 0) is 6.92 Å². The Morgan fingerprint density at radius 3 is 2.43 bits per heavy atom. The fourth-order valence-corrected chi connectivity index (χ4v) is 0.432. The molecule has 0 amide bonds. The van der Waals surface area contributed by atoms with E-state index in [1.807, 2.05) is 6.92 Å². The van der Waals surface area contributed by atoms with Crippen LogP contribution in [0, 0.1) is 0 Å². The number of hydrogen-bond acceptors (Lipinski definition) is 3. The molecule has 0 fully saturated rings. The van der Waals surface area contributed by atoms with E-state index in [9.17, 15) is 0 Å². The van der Waals surface area contributed by atoms with Crippen molar-refractivity contribution in [3.05, 3.63) is 0 Å². The van der Waals surface area contributed by atoms with Crippen LogP contribution in [0.2, 0.25) is 0 Å². The minimum absolute atomic E-state index is 0.0208. The zero-order valence-electron chi connectivity index (χ0n) is 4.22. The predicted octanol–water partition coefficient (Wildman–Crippen LogP) is 0.633. The molecule has 0 rings (SSSR count). The molecule has 0 aliphatic rings. The van der Waals surface area contributed by atoms with Gasteiger partial charge in [-0.3, -0.25) is 0 Å². The minimum atomic E-state index is 0.0208. The molecule has 7 heavy (non-hydrogen) atoms. The quantitative estimate of drug-likeness (QED) is 0.429. The molecule has 0 saturated carbocycles. The van der Waals surface area contributed by atoms with Gasteiger partial charge in [0.2, 0.25) is 0 Å². The second kappa shape index (κ2) is 3.41. The molecule has 0 aromatic heterocycles. The van der Waals surface area contributed by atoms with Gasteiger partial charge < -0.3 is 5.73 Å². The van der Waals surface area contributed by atoms with Crippen molar-refractivity contribution in [3.8, 4) is 0 Å². The smallest absolute Gasteiger partial charge is 0.0338 e. The molecule has 1 nitrogen and oxygen atoms in total. The van der Waals surface area contributed by atoms with Crippen molar-refractivity contribution >= 4 is 29.7 Å². The first-order valence-electron chi connectivity index (χ1n) is 2.07. The van der Waals surface area contributed by atoms with Gasteiger partial charge in [-0.1, -0.05) is 12.2 Å². The monoisotopic (exact) mass is 135 g/mol. The van der Waals surface area contributed by atoms with Crippen LogP contribution in [0.25, 0.3) is 0 Å². The maximum Gasteiger partial charge on any atom is 0.0338 e. The fourth-order valence-electron chi connectivity index (χ4n) is 0.144. The maximum atomic E-state index is 5.36. The van der Waals surface area contributed by atoms with Crippen LogP contribution in [0.5, 0.6) is 0 Å². The molecule has 0 radical (unpaired) electrons. The van der Waals surface area contributed by atoms with Crippen molar-refractivity contribution < 1.29 is 0 Å². The molecule has 1 unspecified atom stereocenters. The van der Waals surface area contributed by atoms with Crippen LogP contribution in [-0.4, -0.2) is 16.7 Å². The highest BCUT2D eigenvalue weighted by Crippen LogP contribution is 1.85. The first-order chi connectivity index (χ1) is 3.18. The third kappa shape index (κ3) is 3.02. The predicted molar refractivity (Wildman–Crippen MR) is 40.1 cm³/mol. The van der Waals surface area contributed by atoms with Crippen molar-refractivity contribution in [1.29, 1.82) is 0 Å². The van der Waals surface area contributed by atoms with E-state index in [-0.39, 0.29) is 6.04 Å². The zero-order valence-corrected chi connectivity index (χ0v) is 5.93. The summed E-state index contributed by atoms with van der Waals surface area (Å²) in [5.74, 6) is 0.618. The van der Waals surface area contributed by atoms with Crippen LogP contribution < -0.4 is 5.73 Å². The van der Waals surface area contributed by atoms with Crippen LogP contribution in [-0.2, 0) is 0 Å². The summed E-state index contributed by atoms with van der Waals surface area (Å²) < 4.78 is 0. The highest BCUT2D eigenvalue weighted by molar-refractivity contribution is 7.86. The third-order valence-electron chi connectivity index (χ3n) is 0.664. The summed E-state index contributed by atoms with van der Waals surface area (Å²) in [6.07, 6.45) is 0. The molecule has 0 aromatic carbocycles. The molecular weight excluding hydrogens is 126 g/mol. The second-order valence-electron chi connectivity index (χ2n) is 1.41. The van der Waals surface area contributed by atoms with Crippen LogP contribution in [0.1, 0.15) is 6.92 Å². The summed E-state index contributed by atoms with van der Waals surface area (Å²) in [6.45, 7) is 1.86. The molecular formula is C4H9NS2. The van der Waals surface area contributed by atoms with E-state index in [0.29, 0.717) is 5.75 Å². The Hall–Kier alpha value is 0.400. The van der Waals surface area contributed by atoms with Gasteiger partial charge in [0.05, 0.1) is 0 Å². The highest BCUT2D eigenvalue weighted by atomic mass is 32.1. The van der Waals surface area contributed by atoms with Crippen molar-refractivity contribution in [2.24, 2.45) is 5.73 Å². The number of nitrogens with two attached hydrogens (primary N) is 1. The minimum Gasteiger partial charge on any atom is -0.324 e. The average Bonchev–Trinajstić information content (AvgIpc) is 1.65. The van der Waals surface area contributed by atoms with Crippen LogP contribution >= 0.6 is 24.8 Å². The van der Waals surface area contributed by atoms with E-state index in [2.05, 4.69) is 12.6 Å². The summed E-state index contributed by atoms with van der Waals surface area (Å²) in [5, 5.41) is 0. The first kappa shape index (κ1) is 7.40. The van der Waals surface area contributed by atoms with Gasteiger partial charge >= 0.3 is 0 Å². The SMILES string of the molecule is CC(N)C(=S)CS. The van der Waals surface area contributed by atoms with E-state index in [1.165, 1.54) is 0 Å². The molecule has 0 spiro atoms. The number of hydrogen-bond donors (Lipinski definition) is 2. The lowest BCUT2D eigenvalue weighted by Gasteiger charge is -2.00. The molecule has 0 heterocycles. The largest absolute Gasteiger partial charge is 0.324 e. The highest BCUT2D eigenvalue weighted by Gasteiger charge is 1.96. The van der Waals surface area contributed by atoms with E-state index in [0.717, 1.165) is 4.86 Å². The lowest BCUT2D eigenvalue weighted by molar-refractivity contribution is 0.987. The molecule has 0 aromatic rings. The molecule has 0 saturated heterocycles. The summed E-state index contributed by atoms with van der Waals surface area (Å²) in [7, 11) is 0. The van der Waals surface area contributed by atoms with Gasteiger partial charge in [-0.15, -0.1) is 0 Å². The number of thiocarbonyl (C=S) groups is 1. The zero-order chi connectivity index (χ0) is 5.86. The molecule has 42 valence electrons. The number of thiol groups is 1. The Bertz CT molecular complexity index is 70.1. The van der Waals surface area contributed by atoms with Gasteiger partial charge in [0.1, 0.15) is 0 Å². The topological polar surface area (TPSA) is 26.0 Å². The van der Waals surface area contributed by atoms with Gasteiger partial charge in [0.15, 0.2) is 0 Å². The first-order valence-corrected chi connectivity index (χ1v) is 3.11. The van der Waals surface area contributed by atoms with Crippen LogP contribution in [0.15, 0.2) is 0 Å². The Morgan fingerprint density at radius 2 is 2.43 bits per heavy atom. The Kier molecular flexibility index (Phi) is 3.60. The average molecular weight is 135 g/mol.